The van der Waals surface area contributed by atoms with Crippen LogP contribution in [-0.2, 0) is 4.57 Å². The van der Waals surface area contributed by atoms with E-state index in [1.165, 1.54) is 64.2 Å². The minimum atomic E-state index is -6.00. The first-order valence-electron chi connectivity index (χ1n) is 10.1. The number of halogens is 8. The van der Waals surface area contributed by atoms with Crippen molar-refractivity contribution in [1.82, 2.24) is 0 Å². The molecule has 190 valence electrons. The average molecular weight is 530 g/mol. The molecule has 0 aromatic carbocycles. The summed E-state index contributed by atoms with van der Waals surface area (Å²) in [6, 6.07) is 0. The van der Waals surface area contributed by atoms with Crippen molar-refractivity contribution in [3.05, 3.63) is 0 Å². The van der Waals surface area contributed by atoms with Crippen molar-refractivity contribution >= 4 is 41.2 Å². The van der Waals surface area contributed by atoms with Crippen molar-refractivity contribution in [3.63, 3.8) is 0 Å². The van der Waals surface area contributed by atoms with E-state index in [4.69, 9.17) is 0 Å². The third kappa shape index (κ3) is 19.7. The Kier molecular flexibility index (Phi) is 16.1. The van der Waals surface area contributed by atoms with Crippen LogP contribution >= 0.6 is 26.7 Å². The van der Waals surface area contributed by atoms with Crippen LogP contribution in [0.3, 0.4) is 0 Å². The Morgan fingerprint density at radius 2 is 1.00 bits per heavy atom. The standard InChI is InChI=1S/C15H30O3P2.2BF4.H3P/c16-20(17,18)12-11-15(19,13-7-3-1-4-8-13)14-9-5-2-6-10-14;2*2-1(3,4)5;/h13-14H,1-12,19H2,(H2,16,17,18);;;1H3/q;2*-1;/p+2. The Balaban J connectivity index is 0. The molecule has 0 heterocycles. The Labute approximate surface area is 184 Å². The van der Waals surface area contributed by atoms with Crippen LogP contribution in [0.4, 0.5) is 34.5 Å². The molecular formula is C15H35B2F8O3P3. The van der Waals surface area contributed by atoms with E-state index in [1.807, 2.05) is 0 Å². The van der Waals surface area contributed by atoms with Crippen LogP contribution in [0.1, 0.15) is 70.6 Å². The van der Waals surface area contributed by atoms with Crippen LogP contribution in [0.15, 0.2) is 0 Å². The molecule has 2 aliphatic carbocycles. The lowest BCUT2D eigenvalue weighted by atomic mass is 9.68. The van der Waals surface area contributed by atoms with Crippen LogP contribution in [0.2, 0.25) is 0 Å². The topological polar surface area (TPSA) is 57.5 Å². The van der Waals surface area contributed by atoms with Gasteiger partial charge in [0.05, 0.1) is 11.3 Å². The summed E-state index contributed by atoms with van der Waals surface area (Å²) < 4.78 is 89.3. The third-order valence-corrected chi connectivity index (χ3v) is 8.02. The zero-order valence-corrected chi connectivity index (χ0v) is 22.1. The van der Waals surface area contributed by atoms with Crippen LogP contribution in [0.5, 0.6) is 0 Å². The number of hydrogen-bond donors (Lipinski definition) is 2. The summed E-state index contributed by atoms with van der Waals surface area (Å²) >= 11 is 0. The normalized spacial score (nSPS) is 19.4. The van der Waals surface area contributed by atoms with E-state index < -0.39 is 22.1 Å². The highest BCUT2D eigenvalue weighted by atomic mass is 31.2. The van der Waals surface area contributed by atoms with Crippen LogP contribution in [-0.4, -0.2) is 35.6 Å². The molecule has 2 aliphatic rings. The molecule has 2 atom stereocenters. The minimum absolute atomic E-state index is 0. The molecule has 31 heavy (non-hydrogen) atoms. The molecule has 0 bridgehead atoms. The van der Waals surface area contributed by atoms with Gasteiger partial charge in [-0.1, -0.05) is 38.5 Å². The van der Waals surface area contributed by atoms with Gasteiger partial charge in [0.2, 0.25) is 0 Å². The van der Waals surface area contributed by atoms with Crippen molar-refractivity contribution in [2.45, 2.75) is 75.8 Å². The predicted molar refractivity (Wildman–Crippen MR) is 121 cm³/mol. The van der Waals surface area contributed by atoms with Crippen molar-refractivity contribution in [2.75, 3.05) is 6.16 Å². The van der Waals surface area contributed by atoms with Gasteiger partial charge in [-0.3, -0.25) is 4.57 Å². The molecule has 2 fully saturated rings. The van der Waals surface area contributed by atoms with Crippen molar-refractivity contribution in [3.8, 4) is 0 Å². The molecule has 0 spiro atoms. The first kappa shape index (κ1) is 33.8. The van der Waals surface area contributed by atoms with E-state index in [2.05, 4.69) is 9.24 Å². The average Bonchev–Trinajstić information content (AvgIpc) is 2.58. The molecule has 2 rings (SSSR count). The van der Waals surface area contributed by atoms with Gasteiger partial charge < -0.3 is 44.3 Å². The molecule has 0 radical (unpaired) electrons. The number of rotatable bonds is 5. The fraction of sp³-hybridized carbons (Fsp3) is 1.00. The first-order chi connectivity index (χ1) is 13.4. The van der Waals surface area contributed by atoms with Crippen LogP contribution in [0, 0.1) is 11.8 Å². The zero-order valence-electron chi connectivity index (χ0n) is 17.8. The zero-order chi connectivity index (χ0) is 23.6. The lowest BCUT2D eigenvalue weighted by Crippen LogP contribution is -2.42. The maximum atomic E-state index is 11.3. The lowest BCUT2D eigenvalue weighted by molar-refractivity contribution is 0.169. The molecule has 2 unspecified atom stereocenters. The van der Waals surface area contributed by atoms with Crippen molar-refractivity contribution < 1.29 is 48.9 Å². The van der Waals surface area contributed by atoms with E-state index in [-0.39, 0.29) is 21.2 Å². The van der Waals surface area contributed by atoms with E-state index in [9.17, 15) is 48.9 Å². The second kappa shape index (κ2) is 14.8. The fourth-order valence-corrected chi connectivity index (χ4v) is 6.45. The summed E-state index contributed by atoms with van der Waals surface area (Å²) in [5, 5.41) is 0.183. The van der Waals surface area contributed by atoms with Gasteiger partial charge in [-0.05, 0) is 63.1 Å². The Morgan fingerprint density at radius 3 is 1.23 bits per heavy atom. The monoisotopic (exact) mass is 530 g/mol. The summed E-state index contributed by atoms with van der Waals surface area (Å²) in [5.74, 6) is 1.40. The molecule has 0 aliphatic heterocycles. The largest absolute Gasteiger partial charge is 0.673 e. The summed E-state index contributed by atoms with van der Waals surface area (Å²) in [4.78, 5) is 18.6. The molecule has 2 saturated carbocycles. The van der Waals surface area contributed by atoms with Gasteiger partial charge in [0.15, 0.2) is 0 Å². The van der Waals surface area contributed by atoms with Gasteiger partial charge in [0.25, 0.3) is 0 Å². The quantitative estimate of drug-likeness (QED) is 0.244. The Bertz CT molecular complexity index is 481. The maximum Gasteiger partial charge on any atom is 0.673 e. The SMILES string of the molecule is F[B-](F)(F)F.F[B-](F)(F)F.O=P(O)(O)CCC([PH3+])(C1CCCCC1)C1CCCCC1.[PH4+]. The molecule has 0 saturated heterocycles. The lowest BCUT2D eigenvalue weighted by Gasteiger charge is -2.43. The predicted octanol–water partition coefficient (Wildman–Crippen LogP) is 6.45. The van der Waals surface area contributed by atoms with Crippen LogP contribution in [0.25, 0.3) is 0 Å². The molecule has 0 amide bonds. The van der Waals surface area contributed by atoms with Gasteiger partial charge in [0.1, 0.15) is 0 Å². The maximum absolute atomic E-state index is 11.3. The van der Waals surface area contributed by atoms with Gasteiger partial charge in [-0.2, -0.15) is 0 Å². The molecule has 2 N–H and O–H groups in total. The summed E-state index contributed by atoms with van der Waals surface area (Å²) in [7, 11) is -13.8. The van der Waals surface area contributed by atoms with Gasteiger partial charge in [-0.25, -0.2) is 0 Å². The first-order valence-corrected chi connectivity index (χ1v) is 12.6. The molecule has 0 aromatic heterocycles. The number of hydrogen-bond acceptors (Lipinski definition) is 1. The van der Waals surface area contributed by atoms with Crippen molar-refractivity contribution in [2.24, 2.45) is 11.8 Å². The van der Waals surface area contributed by atoms with E-state index in [0.29, 0.717) is 11.8 Å². The highest BCUT2D eigenvalue weighted by molar-refractivity contribution is 7.51. The van der Waals surface area contributed by atoms with E-state index >= 15 is 0 Å². The summed E-state index contributed by atoms with van der Waals surface area (Å²) in [6.07, 6.45) is 13.9. The van der Waals surface area contributed by atoms with Crippen molar-refractivity contribution in [1.29, 1.82) is 0 Å². The Morgan fingerprint density at radius 1 is 0.742 bits per heavy atom. The highest BCUT2D eigenvalue weighted by Crippen LogP contribution is 2.52. The fourth-order valence-electron chi connectivity index (χ4n) is 4.45. The highest BCUT2D eigenvalue weighted by Gasteiger charge is 2.46. The minimum Gasteiger partial charge on any atom is -0.418 e. The molecule has 16 heteroatoms. The summed E-state index contributed by atoms with van der Waals surface area (Å²) in [5.41, 5.74) is 0. The van der Waals surface area contributed by atoms with E-state index in [0.717, 1.165) is 6.42 Å². The van der Waals surface area contributed by atoms with Gasteiger partial charge >= 0.3 is 22.1 Å². The van der Waals surface area contributed by atoms with Gasteiger partial charge in [-0.15, -0.1) is 0 Å². The molecular weight excluding hydrogens is 495 g/mol. The second-order valence-corrected chi connectivity index (χ2v) is 11.1. The molecule has 0 aromatic rings. The molecule has 3 nitrogen and oxygen atoms in total. The smallest absolute Gasteiger partial charge is 0.418 e. The summed E-state index contributed by atoms with van der Waals surface area (Å²) in [6.45, 7) is 0. The third-order valence-electron chi connectivity index (χ3n) is 5.70. The van der Waals surface area contributed by atoms with Gasteiger partial charge in [0, 0.05) is 0 Å². The van der Waals surface area contributed by atoms with E-state index in [1.54, 1.807) is 0 Å². The van der Waals surface area contributed by atoms with Crippen LogP contribution < -0.4 is 0 Å². The Hall–Kier alpha value is 0.580. The second-order valence-electron chi connectivity index (χ2n) is 8.03.